The molecule has 1 aliphatic rings. The fraction of sp³-hybridized carbons (Fsp3) is 0.714. The predicted octanol–water partition coefficient (Wildman–Crippen LogP) is 2.26. The molecule has 0 aromatic carbocycles. The van der Waals surface area contributed by atoms with E-state index in [0.717, 1.165) is 19.3 Å². The van der Waals surface area contributed by atoms with Crippen molar-refractivity contribution in [3.8, 4) is 0 Å². The summed E-state index contributed by atoms with van der Waals surface area (Å²) >= 11 is 0. The molecule has 20 heavy (non-hydrogen) atoms. The predicted molar refractivity (Wildman–Crippen MR) is 78.0 cm³/mol. The van der Waals surface area contributed by atoms with Crippen molar-refractivity contribution in [2.24, 2.45) is 0 Å². The van der Waals surface area contributed by atoms with Crippen LogP contribution >= 0.6 is 0 Å². The van der Waals surface area contributed by atoms with Crippen molar-refractivity contribution in [1.29, 1.82) is 0 Å². The Kier molecular flexibility index (Phi) is 4.56. The van der Waals surface area contributed by atoms with Gasteiger partial charge in [0.05, 0.1) is 6.54 Å². The van der Waals surface area contributed by atoms with Crippen molar-refractivity contribution in [3.63, 3.8) is 0 Å². The van der Waals surface area contributed by atoms with E-state index in [-0.39, 0.29) is 12.1 Å². The van der Waals surface area contributed by atoms with Crippen LogP contribution in [0.4, 0.5) is 0 Å². The van der Waals surface area contributed by atoms with Gasteiger partial charge in [-0.2, -0.15) is 4.31 Å². The summed E-state index contributed by atoms with van der Waals surface area (Å²) in [6.45, 7) is 6.21. The first-order valence-corrected chi connectivity index (χ1v) is 8.59. The summed E-state index contributed by atoms with van der Waals surface area (Å²) in [5.41, 5.74) is 0. The number of sulfonamides is 1. The highest BCUT2D eigenvalue weighted by Gasteiger charge is 2.37. The van der Waals surface area contributed by atoms with Crippen LogP contribution in [0.25, 0.3) is 0 Å². The number of furan rings is 1. The molecule has 1 aromatic rings. The monoisotopic (exact) mass is 300 g/mol. The molecule has 5 nitrogen and oxygen atoms in total. The number of hydrogen-bond acceptors (Lipinski definition) is 4. The number of rotatable bonds is 4. The molecule has 0 radical (unpaired) electrons. The molecule has 2 unspecified atom stereocenters. The molecule has 6 heteroatoms. The Morgan fingerprint density at radius 3 is 2.50 bits per heavy atom. The van der Waals surface area contributed by atoms with E-state index in [0.29, 0.717) is 23.0 Å². The minimum absolute atomic E-state index is 0.0470. The first-order chi connectivity index (χ1) is 9.37. The maximum atomic E-state index is 12.9. The second-order valence-corrected chi connectivity index (χ2v) is 7.44. The van der Waals surface area contributed by atoms with E-state index in [1.807, 2.05) is 13.8 Å². The largest absolute Gasteiger partial charge is 0.464 e. The minimum atomic E-state index is -3.48. The van der Waals surface area contributed by atoms with Crippen molar-refractivity contribution < 1.29 is 12.8 Å². The maximum Gasteiger partial charge on any atom is 0.247 e. The lowest BCUT2D eigenvalue weighted by atomic mass is 10.0. The number of aryl methyl sites for hydroxylation is 1. The molecule has 0 spiro atoms. The van der Waals surface area contributed by atoms with Crippen molar-refractivity contribution in [1.82, 2.24) is 9.62 Å². The van der Waals surface area contributed by atoms with E-state index < -0.39 is 10.0 Å². The van der Waals surface area contributed by atoms with Gasteiger partial charge in [-0.05, 0) is 40.7 Å². The summed E-state index contributed by atoms with van der Waals surface area (Å²) in [7, 11) is -1.67. The number of nitrogens with zero attached hydrogens (tertiary/aromatic N) is 1. The molecule has 2 atom stereocenters. The Bertz CT molecular complexity index is 555. The fourth-order valence-corrected chi connectivity index (χ4v) is 5.10. The molecule has 1 fully saturated rings. The number of hydrogen-bond donors (Lipinski definition) is 1. The molecule has 0 amide bonds. The summed E-state index contributed by atoms with van der Waals surface area (Å²) in [6.07, 6.45) is 2.93. The SMILES string of the molecule is CNCc1cc(S(=O)(=O)N2C(C)CCCC2C)c(C)o1. The average molecular weight is 300 g/mol. The zero-order valence-electron chi connectivity index (χ0n) is 12.6. The highest BCUT2D eigenvalue weighted by Crippen LogP contribution is 2.32. The van der Waals surface area contributed by atoms with Crippen molar-refractivity contribution in [3.05, 3.63) is 17.6 Å². The summed E-state index contributed by atoms with van der Waals surface area (Å²) in [5.74, 6) is 1.13. The van der Waals surface area contributed by atoms with Crippen molar-refractivity contribution >= 4 is 10.0 Å². The topological polar surface area (TPSA) is 62.6 Å². The Balaban J connectivity index is 2.38. The average Bonchev–Trinajstić information content (AvgIpc) is 2.71. The summed E-state index contributed by atoms with van der Waals surface area (Å²) in [5, 5.41) is 2.97. The Morgan fingerprint density at radius 2 is 1.95 bits per heavy atom. The zero-order chi connectivity index (χ0) is 14.9. The van der Waals surface area contributed by atoms with E-state index >= 15 is 0 Å². The van der Waals surface area contributed by atoms with Crippen LogP contribution < -0.4 is 5.32 Å². The molecular weight excluding hydrogens is 276 g/mol. The summed E-state index contributed by atoms with van der Waals surface area (Å²) < 4.78 is 33.0. The Morgan fingerprint density at radius 1 is 1.35 bits per heavy atom. The maximum absolute atomic E-state index is 12.9. The van der Waals surface area contributed by atoms with Crippen LogP contribution in [0.2, 0.25) is 0 Å². The third kappa shape index (κ3) is 2.77. The fourth-order valence-electron chi connectivity index (χ4n) is 3.03. The van der Waals surface area contributed by atoms with Crippen LogP contribution in [0, 0.1) is 6.92 Å². The van der Waals surface area contributed by atoms with Gasteiger partial charge in [0.15, 0.2) is 0 Å². The van der Waals surface area contributed by atoms with Crippen LogP contribution in [-0.4, -0.2) is 31.9 Å². The zero-order valence-corrected chi connectivity index (χ0v) is 13.5. The van der Waals surface area contributed by atoms with Gasteiger partial charge in [-0.3, -0.25) is 0 Å². The van der Waals surface area contributed by atoms with E-state index in [1.165, 1.54) is 0 Å². The van der Waals surface area contributed by atoms with E-state index in [9.17, 15) is 8.42 Å². The highest BCUT2D eigenvalue weighted by atomic mass is 32.2. The molecule has 1 saturated heterocycles. The number of piperidine rings is 1. The molecular formula is C14H24N2O3S. The second kappa shape index (κ2) is 5.87. The van der Waals surface area contributed by atoms with Crippen LogP contribution in [0.1, 0.15) is 44.6 Å². The molecule has 1 N–H and O–H groups in total. The standard InChI is InChI=1S/C14H24N2O3S/c1-10-6-5-7-11(2)16(10)20(17,18)14-8-13(9-15-4)19-12(14)3/h8,10-11,15H,5-7,9H2,1-4H3. The smallest absolute Gasteiger partial charge is 0.247 e. The molecule has 0 saturated carbocycles. The van der Waals surface area contributed by atoms with Gasteiger partial charge in [0.1, 0.15) is 16.4 Å². The highest BCUT2D eigenvalue weighted by molar-refractivity contribution is 7.89. The molecule has 2 heterocycles. The van der Waals surface area contributed by atoms with Gasteiger partial charge in [-0.25, -0.2) is 8.42 Å². The molecule has 2 rings (SSSR count). The van der Waals surface area contributed by atoms with Gasteiger partial charge < -0.3 is 9.73 Å². The van der Waals surface area contributed by atoms with E-state index in [4.69, 9.17) is 4.42 Å². The quantitative estimate of drug-likeness (QED) is 0.926. The minimum Gasteiger partial charge on any atom is -0.464 e. The van der Waals surface area contributed by atoms with Gasteiger partial charge >= 0.3 is 0 Å². The van der Waals surface area contributed by atoms with E-state index in [2.05, 4.69) is 5.32 Å². The lowest BCUT2D eigenvalue weighted by Gasteiger charge is -2.37. The van der Waals surface area contributed by atoms with Gasteiger partial charge in [0.2, 0.25) is 10.0 Å². The van der Waals surface area contributed by atoms with Gasteiger partial charge in [-0.1, -0.05) is 6.42 Å². The molecule has 0 bridgehead atoms. The van der Waals surface area contributed by atoms with Crippen LogP contribution in [0.15, 0.2) is 15.4 Å². The molecule has 114 valence electrons. The first-order valence-electron chi connectivity index (χ1n) is 7.15. The van der Waals surface area contributed by atoms with Crippen molar-refractivity contribution in [2.75, 3.05) is 7.05 Å². The van der Waals surface area contributed by atoms with Gasteiger partial charge in [0.25, 0.3) is 0 Å². The second-order valence-electron chi connectivity index (χ2n) is 5.63. The van der Waals surface area contributed by atoms with Crippen LogP contribution in [0.5, 0.6) is 0 Å². The molecule has 0 aliphatic carbocycles. The molecule has 1 aromatic heterocycles. The number of nitrogens with one attached hydrogen (secondary N) is 1. The third-order valence-corrected chi connectivity index (χ3v) is 6.18. The summed E-state index contributed by atoms with van der Waals surface area (Å²) in [4.78, 5) is 0.309. The van der Waals surface area contributed by atoms with Crippen LogP contribution in [-0.2, 0) is 16.6 Å². The Hall–Kier alpha value is -0.850. The van der Waals surface area contributed by atoms with Crippen LogP contribution in [0.3, 0.4) is 0 Å². The van der Waals surface area contributed by atoms with Gasteiger partial charge in [0, 0.05) is 18.2 Å². The van der Waals surface area contributed by atoms with Gasteiger partial charge in [-0.15, -0.1) is 0 Å². The first kappa shape index (κ1) is 15.5. The lowest BCUT2D eigenvalue weighted by Crippen LogP contribution is -2.47. The van der Waals surface area contributed by atoms with Crippen molar-refractivity contribution in [2.45, 2.75) is 63.6 Å². The molecule has 1 aliphatic heterocycles. The summed E-state index contributed by atoms with van der Waals surface area (Å²) in [6, 6.07) is 1.74. The third-order valence-electron chi connectivity index (χ3n) is 3.94. The normalized spacial score (nSPS) is 25.0. The lowest BCUT2D eigenvalue weighted by molar-refractivity contribution is 0.204. The Labute approximate surface area is 121 Å². The van der Waals surface area contributed by atoms with E-state index in [1.54, 1.807) is 24.3 Å².